The van der Waals surface area contributed by atoms with Crippen molar-refractivity contribution in [3.05, 3.63) is 45.9 Å². The standard InChI is InChI=1S/C10H5I2NO3/c11-5-2-1-4-6(14)3-7(15)10(16)13-9(4)8(5)12/h1-3,14H,(H,13,15,16). The summed E-state index contributed by atoms with van der Waals surface area (Å²) in [5, 5.41) is 10.1. The lowest BCUT2D eigenvalue weighted by Crippen LogP contribution is -2.22. The number of aromatic nitrogens is 1. The van der Waals surface area contributed by atoms with Crippen molar-refractivity contribution < 1.29 is 5.11 Å². The Morgan fingerprint density at radius 2 is 1.88 bits per heavy atom. The van der Waals surface area contributed by atoms with E-state index in [0.29, 0.717) is 10.9 Å². The monoisotopic (exact) mass is 441 g/mol. The van der Waals surface area contributed by atoms with Gasteiger partial charge in [-0.2, -0.15) is 0 Å². The van der Waals surface area contributed by atoms with Gasteiger partial charge in [-0.15, -0.1) is 0 Å². The van der Waals surface area contributed by atoms with Gasteiger partial charge < -0.3 is 10.1 Å². The molecule has 1 aromatic heterocycles. The van der Waals surface area contributed by atoms with Crippen LogP contribution in [-0.2, 0) is 0 Å². The lowest BCUT2D eigenvalue weighted by Gasteiger charge is -2.00. The predicted molar refractivity (Wildman–Crippen MR) is 77.9 cm³/mol. The van der Waals surface area contributed by atoms with Crippen LogP contribution in [-0.4, -0.2) is 10.1 Å². The number of rotatable bonds is 0. The van der Waals surface area contributed by atoms with Crippen molar-refractivity contribution in [3.63, 3.8) is 0 Å². The second-order valence-corrected chi connectivity index (χ2v) is 5.37. The Hall–Kier alpha value is -0.640. The minimum atomic E-state index is -0.750. The Kier molecular flexibility index (Phi) is 3.19. The number of aromatic hydroxyl groups is 1. The number of hydrogen-bond donors (Lipinski definition) is 2. The summed E-state index contributed by atoms with van der Waals surface area (Å²) in [6, 6.07) is 4.42. The zero-order chi connectivity index (χ0) is 11.9. The number of hydrogen-bond acceptors (Lipinski definition) is 3. The molecule has 0 saturated carbocycles. The van der Waals surface area contributed by atoms with Gasteiger partial charge in [-0.05, 0) is 57.3 Å². The maximum absolute atomic E-state index is 11.4. The van der Waals surface area contributed by atoms with Gasteiger partial charge >= 0.3 is 0 Å². The second kappa shape index (κ2) is 4.32. The zero-order valence-corrected chi connectivity index (χ0v) is 12.1. The van der Waals surface area contributed by atoms with Crippen LogP contribution in [0.4, 0.5) is 0 Å². The second-order valence-electron chi connectivity index (χ2n) is 3.13. The van der Waals surface area contributed by atoms with Gasteiger partial charge in [0, 0.05) is 15.0 Å². The van der Waals surface area contributed by atoms with Crippen LogP contribution in [0.1, 0.15) is 0 Å². The highest BCUT2D eigenvalue weighted by molar-refractivity contribution is 14.1. The summed E-state index contributed by atoms with van der Waals surface area (Å²) >= 11 is 4.18. The highest BCUT2D eigenvalue weighted by atomic mass is 127. The number of benzene rings is 1. The van der Waals surface area contributed by atoms with Gasteiger partial charge in [0.2, 0.25) is 5.43 Å². The van der Waals surface area contributed by atoms with E-state index >= 15 is 0 Å². The van der Waals surface area contributed by atoms with Gasteiger partial charge in [-0.3, -0.25) is 9.59 Å². The van der Waals surface area contributed by atoms with Gasteiger partial charge in [-0.1, -0.05) is 0 Å². The largest absolute Gasteiger partial charge is 0.507 e. The van der Waals surface area contributed by atoms with E-state index in [9.17, 15) is 14.7 Å². The Morgan fingerprint density at radius 3 is 2.56 bits per heavy atom. The highest BCUT2D eigenvalue weighted by Gasteiger charge is 2.07. The smallest absolute Gasteiger partial charge is 0.296 e. The SMILES string of the molecule is O=c1cc(O)c2ccc(I)c(I)c2[nH]c1=O. The molecule has 2 rings (SSSR count). The number of fused-ring (bicyclic) bond motifs is 1. The molecule has 2 aromatic rings. The molecule has 4 nitrogen and oxygen atoms in total. The van der Waals surface area contributed by atoms with Crippen molar-refractivity contribution in [2.24, 2.45) is 0 Å². The van der Waals surface area contributed by atoms with Crippen LogP contribution >= 0.6 is 45.2 Å². The molecular formula is C10H5I2NO3. The minimum Gasteiger partial charge on any atom is -0.507 e. The first-order valence-electron chi connectivity index (χ1n) is 4.25. The first kappa shape index (κ1) is 11.8. The van der Waals surface area contributed by atoms with Gasteiger partial charge in [0.1, 0.15) is 5.75 Å². The Morgan fingerprint density at radius 1 is 1.19 bits per heavy atom. The van der Waals surface area contributed by atoms with Crippen molar-refractivity contribution in [1.82, 2.24) is 4.98 Å². The molecule has 0 atom stereocenters. The normalized spacial score (nSPS) is 10.6. The molecule has 0 spiro atoms. The fourth-order valence-corrected chi connectivity index (χ4v) is 2.38. The third-order valence-corrected chi connectivity index (χ3v) is 5.15. The lowest BCUT2D eigenvalue weighted by atomic mass is 10.2. The highest BCUT2D eigenvalue weighted by Crippen LogP contribution is 2.27. The number of aromatic amines is 1. The maximum Gasteiger partial charge on any atom is 0.296 e. The molecule has 0 unspecified atom stereocenters. The fraction of sp³-hybridized carbons (Fsp3) is 0. The molecular weight excluding hydrogens is 436 g/mol. The van der Waals surface area contributed by atoms with E-state index in [1.807, 2.05) is 6.07 Å². The number of halogens is 2. The van der Waals surface area contributed by atoms with Crippen molar-refractivity contribution in [2.45, 2.75) is 0 Å². The van der Waals surface area contributed by atoms with Gasteiger partial charge in [0.25, 0.3) is 5.56 Å². The molecule has 1 heterocycles. The summed E-state index contributed by atoms with van der Waals surface area (Å²) in [6.07, 6.45) is 0. The predicted octanol–water partition coefficient (Wildman–Crippen LogP) is 1.80. The van der Waals surface area contributed by atoms with Crippen molar-refractivity contribution in [2.75, 3.05) is 0 Å². The van der Waals surface area contributed by atoms with Crippen LogP contribution in [0.3, 0.4) is 0 Å². The van der Waals surface area contributed by atoms with Crippen LogP contribution < -0.4 is 11.0 Å². The van der Waals surface area contributed by atoms with Crippen molar-refractivity contribution in [1.29, 1.82) is 0 Å². The van der Waals surface area contributed by atoms with Crippen LogP contribution in [0, 0.1) is 7.14 Å². The molecule has 0 fully saturated rings. The number of H-pyrrole nitrogens is 1. The van der Waals surface area contributed by atoms with E-state index in [4.69, 9.17) is 0 Å². The molecule has 0 bridgehead atoms. The Bertz CT molecular complexity index is 694. The van der Waals surface area contributed by atoms with Crippen LogP contribution in [0.5, 0.6) is 5.75 Å². The first-order chi connectivity index (χ1) is 7.50. The van der Waals surface area contributed by atoms with Gasteiger partial charge in [0.15, 0.2) is 0 Å². The molecule has 0 aliphatic carbocycles. The first-order valence-corrected chi connectivity index (χ1v) is 6.41. The molecule has 0 aliphatic rings. The van der Waals surface area contributed by atoms with E-state index in [1.54, 1.807) is 6.07 Å². The third-order valence-electron chi connectivity index (χ3n) is 2.10. The molecule has 82 valence electrons. The van der Waals surface area contributed by atoms with Crippen molar-refractivity contribution in [3.8, 4) is 5.75 Å². The molecule has 0 amide bonds. The quantitative estimate of drug-likeness (QED) is 0.485. The topological polar surface area (TPSA) is 70.2 Å². The molecule has 16 heavy (non-hydrogen) atoms. The zero-order valence-electron chi connectivity index (χ0n) is 7.75. The Balaban J connectivity index is 3.17. The van der Waals surface area contributed by atoms with Gasteiger partial charge in [0.05, 0.1) is 9.09 Å². The fourth-order valence-electron chi connectivity index (χ4n) is 1.33. The minimum absolute atomic E-state index is 0.187. The Labute approximate surface area is 117 Å². The summed E-state index contributed by atoms with van der Waals surface area (Å²) in [6.45, 7) is 0. The maximum atomic E-state index is 11.4. The van der Waals surface area contributed by atoms with E-state index < -0.39 is 11.0 Å². The molecule has 0 saturated heterocycles. The average molecular weight is 441 g/mol. The van der Waals surface area contributed by atoms with Crippen LogP contribution in [0.25, 0.3) is 10.9 Å². The van der Waals surface area contributed by atoms with Crippen LogP contribution in [0.15, 0.2) is 27.8 Å². The average Bonchev–Trinajstić information content (AvgIpc) is 2.33. The summed E-state index contributed by atoms with van der Waals surface area (Å²) in [5.74, 6) is -0.187. The lowest BCUT2D eigenvalue weighted by molar-refractivity contribution is 0.481. The van der Waals surface area contributed by atoms with E-state index in [2.05, 4.69) is 50.2 Å². The molecule has 6 heteroatoms. The summed E-state index contributed by atoms with van der Waals surface area (Å²) in [7, 11) is 0. The van der Waals surface area contributed by atoms with E-state index in [0.717, 1.165) is 13.2 Å². The number of nitrogens with one attached hydrogen (secondary N) is 1. The summed E-state index contributed by atoms with van der Waals surface area (Å²) < 4.78 is 1.75. The molecule has 0 aliphatic heterocycles. The molecule has 0 radical (unpaired) electrons. The summed E-state index contributed by atoms with van der Waals surface area (Å²) in [4.78, 5) is 25.1. The summed E-state index contributed by atoms with van der Waals surface area (Å²) in [5.41, 5.74) is -0.998. The van der Waals surface area contributed by atoms with Crippen molar-refractivity contribution >= 4 is 56.1 Å². The van der Waals surface area contributed by atoms with E-state index in [-0.39, 0.29) is 5.75 Å². The molecule has 2 N–H and O–H groups in total. The van der Waals surface area contributed by atoms with E-state index in [1.165, 1.54) is 0 Å². The molecule has 1 aromatic carbocycles. The van der Waals surface area contributed by atoms with Gasteiger partial charge in [-0.25, -0.2) is 0 Å². The third kappa shape index (κ3) is 1.95. The van der Waals surface area contributed by atoms with Crippen LogP contribution in [0.2, 0.25) is 0 Å².